The van der Waals surface area contributed by atoms with Crippen LogP contribution in [0.4, 0.5) is 4.39 Å². The molecule has 1 aromatic carbocycles. The van der Waals surface area contributed by atoms with E-state index in [4.69, 9.17) is 28.9 Å². The molecular weight excluding hydrogens is 390 g/mol. The number of hydrogen-bond donors (Lipinski definition) is 2. The van der Waals surface area contributed by atoms with Gasteiger partial charge >= 0.3 is 0 Å². The second-order valence-electron chi connectivity index (χ2n) is 7.04. The summed E-state index contributed by atoms with van der Waals surface area (Å²) < 4.78 is 15.8. The molecule has 2 unspecified atom stereocenters. The quantitative estimate of drug-likeness (QED) is 0.780. The molecule has 144 valence electrons. The largest absolute Gasteiger partial charge is 0.382 e. The monoisotopic (exact) mass is 410 g/mol. The molecule has 27 heavy (non-hydrogen) atoms. The summed E-state index contributed by atoms with van der Waals surface area (Å²) >= 11 is 12.2. The van der Waals surface area contributed by atoms with Gasteiger partial charge in [0.1, 0.15) is 5.60 Å². The van der Waals surface area contributed by atoms with Crippen LogP contribution in [-0.2, 0) is 22.5 Å². The zero-order valence-electron chi connectivity index (χ0n) is 14.9. The zero-order chi connectivity index (χ0) is 19.8. The number of Topliss-reactive ketones (excluding diaryl/α,β-unsaturated/α-hetero) is 1. The lowest BCUT2D eigenvalue weighted by atomic mass is 9.72. The van der Waals surface area contributed by atoms with Gasteiger partial charge in [0.05, 0.1) is 5.69 Å². The van der Waals surface area contributed by atoms with E-state index in [1.165, 1.54) is 12.3 Å². The highest BCUT2D eigenvalue weighted by Gasteiger charge is 2.50. The number of alkyl halides is 1. The molecule has 0 saturated carbocycles. The van der Waals surface area contributed by atoms with Crippen molar-refractivity contribution in [1.29, 1.82) is 0 Å². The number of carbonyl (C=O) groups is 1. The number of carbonyl (C=O) groups excluding carboxylic acids is 1. The number of aromatic nitrogens is 1. The Bertz CT molecular complexity index is 869. The Kier molecular flexibility index (Phi) is 5.59. The van der Waals surface area contributed by atoms with E-state index < -0.39 is 17.1 Å². The molecule has 0 radical (unpaired) electrons. The summed E-state index contributed by atoms with van der Waals surface area (Å²) in [5.41, 5.74) is 3.95. The van der Waals surface area contributed by atoms with Crippen molar-refractivity contribution in [3.63, 3.8) is 0 Å². The number of hydrogen-bond acceptors (Lipinski definition) is 4. The average Bonchev–Trinajstić information content (AvgIpc) is 2.64. The lowest BCUT2D eigenvalue weighted by Gasteiger charge is -2.39. The van der Waals surface area contributed by atoms with Crippen molar-refractivity contribution >= 4 is 29.0 Å². The summed E-state index contributed by atoms with van der Waals surface area (Å²) in [5, 5.41) is 11.6. The van der Waals surface area contributed by atoms with E-state index in [1.54, 1.807) is 18.2 Å². The number of nitrogens with zero attached hydrogens (tertiary/aromatic N) is 1. The maximum absolute atomic E-state index is 15.8. The molecular formula is C20H21Cl2FN2O2. The Morgan fingerprint density at radius 2 is 2.11 bits per heavy atom. The standard InChI is InChI=1S/C20H21Cl2FN2O2/c1-12-9-13(21)10-16(22)14(12)4-5-17(26)20(23)7-6-19(27,11-24)18-15(20)3-2-8-25-18/h2-3,8-10,27H,4-7,11,24H2,1H3. The van der Waals surface area contributed by atoms with Crippen LogP contribution in [0.2, 0.25) is 10.0 Å². The van der Waals surface area contributed by atoms with Crippen molar-refractivity contribution in [3.8, 4) is 0 Å². The highest BCUT2D eigenvalue weighted by Crippen LogP contribution is 2.46. The van der Waals surface area contributed by atoms with E-state index in [-0.39, 0.29) is 37.1 Å². The smallest absolute Gasteiger partial charge is 0.195 e. The molecule has 0 amide bonds. The molecule has 7 heteroatoms. The molecule has 4 nitrogen and oxygen atoms in total. The average molecular weight is 411 g/mol. The molecule has 0 saturated heterocycles. The minimum atomic E-state index is -2.20. The maximum Gasteiger partial charge on any atom is 0.195 e. The summed E-state index contributed by atoms with van der Waals surface area (Å²) in [5.74, 6) is -0.554. The highest BCUT2D eigenvalue weighted by molar-refractivity contribution is 6.35. The second kappa shape index (κ2) is 7.47. The minimum absolute atomic E-state index is 0.0198. The molecule has 0 spiro atoms. The summed E-state index contributed by atoms with van der Waals surface area (Å²) in [6.07, 6.45) is 1.66. The van der Waals surface area contributed by atoms with Crippen LogP contribution >= 0.6 is 23.2 Å². The number of rotatable bonds is 5. The van der Waals surface area contributed by atoms with Gasteiger partial charge in [-0.2, -0.15) is 0 Å². The minimum Gasteiger partial charge on any atom is -0.382 e. The van der Waals surface area contributed by atoms with Crippen LogP contribution in [0.25, 0.3) is 0 Å². The Labute approximate surface area is 167 Å². The van der Waals surface area contributed by atoms with Crippen molar-refractivity contribution in [1.82, 2.24) is 4.98 Å². The van der Waals surface area contributed by atoms with E-state index in [0.717, 1.165) is 11.1 Å². The first-order valence-electron chi connectivity index (χ1n) is 8.76. The first-order valence-corrected chi connectivity index (χ1v) is 9.52. The number of aliphatic hydroxyl groups is 1. The van der Waals surface area contributed by atoms with Crippen LogP contribution in [0.5, 0.6) is 0 Å². The number of nitrogens with two attached hydrogens (primary N) is 1. The third-order valence-electron chi connectivity index (χ3n) is 5.32. The fourth-order valence-electron chi connectivity index (χ4n) is 3.70. The van der Waals surface area contributed by atoms with E-state index >= 15 is 4.39 Å². The van der Waals surface area contributed by atoms with Gasteiger partial charge in [-0.15, -0.1) is 0 Å². The summed E-state index contributed by atoms with van der Waals surface area (Å²) in [6, 6.07) is 6.44. The number of benzene rings is 1. The Morgan fingerprint density at radius 3 is 2.78 bits per heavy atom. The van der Waals surface area contributed by atoms with Crippen molar-refractivity contribution in [3.05, 3.63) is 62.9 Å². The first kappa shape index (κ1) is 20.2. The molecule has 3 rings (SSSR count). The topological polar surface area (TPSA) is 76.2 Å². The Hall–Kier alpha value is -1.53. The molecule has 0 fully saturated rings. The fourth-order valence-corrected chi connectivity index (χ4v) is 4.39. The van der Waals surface area contributed by atoms with Gasteiger partial charge in [0.25, 0.3) is 0 Å². The van der Waals surface area contributed by atoms with Crippen LogP contribution < -0.4 is 5.73 Å². The third-order valence-corrected chi connectivity index (χ3v) is 5.88. The van der Waals surface area contributed by atoms with E-state index in [0.29, 0.717) is 16.5 Å². The molecule has 1 aromatic heterocycles. The molecule has 0 bridgehead atoms. The highest BCUT2D eigenvalue weighted by atomic mass is 35.5. The lowest BCUT2D eigenvalue weighted by molar-refractivity contribution is -0.134. The van der Waals surface area contributed by atoms with Crippen molar-refractivity contribution in [2.75, 3.05) is 6.54 Å². The van der Waals surface area contributed by atoms with Crippen LogP contribution in [0.15, 0.2) is 30.5 Å². The SMILES string of the molecule is Cc1cc(Cl)cc(Cl)c1CCC(=O)C1(F)CCC(O)(CN)c2ncccc21. The van der Waals surface area contributed by atoms with Crippen LogP contribution in [-0.4, -0.2) is 22.4 Å². The Balaban J connectivity index is 1.88. The van der Waals surface area contributed by atoms with Gasteiger partial charge in [0, 0.05) is 34.8 Å². The third kappa shape index (κ3) is 3.61. The number of pyridine rings is 1. The van der Waals surface area contributed by atoms with E-state index in [9.17, 15) is 9.90 Å². The molecule has 2 aromatic rings. The van der Waals surface area contributed by atoms with Gasteiger partial charge in [-0.25, -0.2) is 4.39 Å². The van der Waals surface area contributed by atoms with E-state index in [1.807, 2.05) is 6.92 Å². The maximum atomic E-state index is 15.8. The summed E-state index contributed by atoms with van der Waals surface area (Å²) in [7, 11) is 0. The van der Waals surface area contributed by atoms with Gasteiger partial charge in [-0.1, -0.05) is 29.3 Å². The summed E-state index contributed by atoms with van der Waals surface area (Å²) in [6.45, 7) is 1.77. The van der Waals surface area contributed by atoms with Gasteiger partial charge in [-0.05, 0) is 55.5 Å². The van der Waals surface area contributed by atoms with Crippen LogP contribution in [0.3, 0.4) is 0 Å². The molecule has 3 N–H and O–H groups in total. The van der Waals surface area contributed by atoms with Gasteiger partial charge in [-0.3, -0.25) is 9.78 Å². The van der Waals surface area contributed by atoms with Crippen molar-refractivity contribution < 1.29 is 14.3 Å². The van der Waals surface area contributed by atoms with E-state index in [2.05, 4.69) is 4.98 Å². The number of ketones is 1. The van der Waals surface area contributed by atoms with Gasteiger partial charge < -0.3 is 10.8 Å². The number of fused-ring (bicyclic) bond motifs is 1. The van der Waals surface area contributed by atoms with Crippen LogP contribution in [0, 0.1) is 6.92 Å². The normalized spacial score (nSPS) is 24.5. The Morgan fingerprint density at radius 1 is 1.37 bits per heavy atom. The predicted octanol–water partition coefficient (Wildman–Crippen LogP) is 4.00. The molecule has 1 heterocycles. The molecule has 0 aliphatic heterocycles. The number of aryl methyl sites for hydroxylation is 1. The fraction of sp³-hybridized carbons (Fsp3) is 0.400. The summed E-state index contributed by atoms with van der Waals surface area (Å²) in [4.78, 5) is 17.0. The van der Waals surface area contributed by atoms with Crippen molar-refractivity contribution in [2.24, 2.45) is 5.73 Å². The first-order chi connectivity index (χ1) is 12.7. The molecule has 1 aliphatic rings. The molecule has 2 atom stereocenters. The zero-order valence-corrected chi connectivity index (χ0v) is 16.4. The van der Waals surface area contributed by atoms with Gasteiger partial charge in [0.2, 0.25) is 0 Å². The molecule has 1 aliphatic carbocycles. The predicted molar refractivity (Wildman–Crippen MR) is 104 cm³/mol. The second-order valence-corrected chi connectivity index (χ2v) is 7.89. The van der Waals surface area contributed by atoms with Crippen molar-refractivity contribution in [2.45, 2.75) is 43.9 Å². The van der Waals surface area contributed by atoms with Gasteiger partial charge in [0.15, 0.2) is 11.5 Å². The lowest BCUT2D eigenvalue weighted by Crippen LogP contribution is -2.46. The van der Waals surface area contributed by atoms with Crippen LogP contribution in [0.1, 0.15) is 41.6 Å². The number of halogens is 3.